The first-order chi connectivity index (χ1) is 12.8. The molecule has 7 nitrogen and oxygen atoms in total. The van der Waals surface area contributed by atoms with Crippen molar-refractivity contribution in [1.29, 1.82) is 0 Å². The van der Waals surface area contributed by atoms with Gasteiger partial charge in [0.15, 0.2) is 0 Å². The first kappa shape index (κ1) is 21.1. The molecule has 1 saturated heterocycles. The number of carbonyl (C=O) groups excluding carboxylic acids is 3. The Morgan fingerprint density at radius 2 is 1.93 bits per heavy atom. The average molecular weight is 394 g/mol. The van der Waals surface area contributed by atoms with E-state index in [9.17, 15) is 14.4 Å². The maximum Gasteiger partial charge on any atom is 0.410 e. The van der Waals surface area contributed by atoms with E-state index in [1.807, 2.05) is 44.2 Å². The van der Waals surface area contributed by atoms with Crippen molar-refractivity contribution in [1.82, 2.24) is 10.2 Å². The summed E-state index contributed by atoms with van der Waals surface area (Å²) in [6.45, 7) is 4.05. The lowest BCUT2D eigenvalue weighted by molar-refractivity contribution is -0.146. The number of esters is 1. The summed E-state index contributed by atoms with van der Waals surface area (Å²) in [5.74, 6) is -1.07. The monoisotopic (exact) mass is 394 g/mol. The Morgan fingerprint density at radius 1 is 1.26 bits per heavy atom. The summed E-state index contributed by atoms with van der Waals surface area (Å²) in [6, 6.07) is 7.80. The summed E-state index contributed by atoms with van der Waals surface area (Å²) in [4.78, 5) is 38.5. The van der Waals surface area contributed by atoms with Crippen molar-refractivity contribution >= 4 is 30.6 Å². The number of benzene rings is 1. The van der Waals surface area contributed by atoms with Crippen molar-refractivity contribution in [2.45, 2.75) is 44.2 Å². The largest absolute Gasteiger partial charge is 0.467 e. The van der Waals surface area contributed by atoms with Crippen LogP contribution in [0.1, 0.15) is 25.8 Å². The molecule has 1 aromatic carbocycles. The molecule has 1 aliphatic heterocycles. The summed E-state index contributed by atoms with van der Waals surface area (Å²) in [7, 11) is 1.27. The molecule has 0 aliphatic carbocycles. The van der Waals surface area contributed by atoms with Gasteiger partial charge in [-0.15, -0.1) is 0 Å². The van der Waals surface area contributed by atoms with Crippen molar-refractivity contribution in [2.75, 3.05) is 13.7 Å². The average Bonchev–Trinajstić information content (AvgIpc) is 3.06. The number of likely N-dealkylation sites (tertiary alicyclic amines) is 1. The van der Waals surface area contributed by atoms with Gasteiger partial charge in [0.05, 0.1) is 7.11 Å². The molecule has 1 N–H and O–H groups in total. The quantitative estimate of drug-likeness (QED) is 0.570. The number of hydrogen-bond donors (Lipinski definition) is 2. The lowest BCUT2D eigenvalue weighted by Gasteiger charge is -2.26. The van der Waals surface area contributed by atoms with E-state index < -0.39 is 30.1 Å². The fourth-order valence-electron chi connectivity index (χ4n) is 2.94. The first-order valence-electron chi connectivity index (χ1n) is 8.87. The van der Waals surface area contributed by atoms with Crippen LogP contribution in [0.4, 0.5) is 4.79 Å². The molecule has 3 atom stereocenters. The van der Waals surface area contributed by atoms with Crippen LogP contribution in [-0.2, 0) is 25.7 Å². The Hall–Kier alpha value is -2.22. The number of ether oxygens (including phenoxy) is 2. The van der Waals surface area contributed by atoms with E-state index in [4.69, 9.17) is 9.47 Å². The van der Waals surface area contributed by atoms with Gasteiger partial charge >= 0.3 is 12.1 Å². The summed E-state index contributed by atoms with van der Waals surface area (Å²) in [5, 5.41) is 2.55. The smallest absolute Gasteiger partial charge is 0.410 e. The Kier molecular flexibility index (Phi) is 7.53. The number of methoxy groups -OCH3 is 1. The molecule has 2 amide bonds. The fraction of sp³-hybridized carbons (Fsp3) is 0.526. The third kappa shape index (κ3) is 5.63. The Bertz CT molecular complexity index is 667. The zero-order valence-corrected chi connectivity index (χ0v) is 16.6. The van der Waals surface area contributed by atoms with Crippen LogP contribution < -0.4 is 5.32 Å². The van der Waals surface area contributed by atoms with Crippen LogP contribution in [0.25, 0.3) is 0 Å². The molecule has 0 aromatic heterocycles. The van der Waals surface area contributed by atoms with Crippen molar-refractivity contribution in [2.24, 2.45) is 5.92 Å². The number of rotatable bonds is 6. The van der Waals surface area contributed by atoms with Crippen LogP contribution in [-0.4, -0.2) is 53.9 Å². The minimum absolute atomic E-state index is 0.124. The van der Waals surface area contributed by atoms with Crippen LogP contribution >= 0.6 is 12.6 Å². The third-order valence-corrected chi connectivity index (χ3v) is 4.81. The molecule has 0 bridgehead atoms. The predicted molar refractivity (Wildman–Crippen MR) is 103 cm³/mol. The van der Waals surface area contributed by atoms with E-state index in [1.165, 1.54) is 12.0 Å². The van der Waals surface area contributed by atoms with E-state index in [1.54, 1.807) is 0 Å². The normalized spacial score (nSPS) is 20.3. The second-order valence-electron chi connectivity index (χ2n) is 6.85. The topological polar surface area (TPSA) is 84.9 Å². The van der Waals surface area contributed by atoms with Crippen molar-refractivity contribution in [3.05, 3.63) is 35.9 Å². The molecule has 1 heterocycles. The highest BCUT2D eigenvalue weighted by Crippen LogP contribution is 2.23. The SMILES string of the molecule is COC(=O)[C@@H](NC(=O)[C@@H]1C[C@@H](S)CN1C(=O)OCc1ccccc1)C(C)C. The zero-order valence-electron chi connectivity index (χ0n) is 15.8. The Balaban J connectivity index is 2.02. The Morgan fingerprint density at radius 3 is 2.52 bits per heavy atom. The summed E-state index contributed by atoms with van der Waals surface area (Å²) in [6.07, 6.45) is -0.184. The van der Waals surface area contributed by atoms with Gasteiger partial charge in [0, 0.05) is 11.8 Å². The van der Waals surface area contributed by atoms with Gasteiger partial charge in [0.25, 0.3) is 0 Å². The van der Waals surface area contributed by atoms with Gasteiger partial charge in [0.1, 0.15) is 18.7 Å². The molecule has 8 heteroatoms. The van der Waals surface area contributed by atoms with E-state index in [0.29, 0.717) is 13.0 Å². The van der Waals surface area contributed by atoms with E-state index >= 15 is 0 Å². The number of nitrogens with zero attached hydrogens (tertiary/aromatic N) is 1. The molecular weight excluding hydrogens is 368 g/mol. The molecule has 0 spiro atoms. The summed E-state index contributed by atoms with van der Waals surface area (Å²) >= 11 is 4.41. The molecule has 0 radical (unpaired) electrons. The number of amides is 2. The lowest BCUT2D eigenvalue weighted by atomic mass is 10.0. The predicted octanol–water partition coefficient (Wildman–Crippen LogP) is 2.01. The van der Waals surface area contributed by atoms with Crippen LogP contribution in [0.2, 0.25) is 0 Å². The number of nitrogens with one attached hydrogen (secondary N) is 1. The first-order valence-corrected chi connectivity index (χ1v) is 9.38. The highest BCUT2D eigenvalue weighted by atomic mass is 32.1. The molecule has 27 heavy (non-hydrogen) atoms. The van der Waals surface area contributed by atoms with Gasteiger partial charge in [-0.2, -0.15) is 12.6 Å². The molecule has 1 fully saturated rings. The minimum atomic E-state index is -0.774. The van der Waals surface area contributed by atoms with Crippen LogP contribution in [0.3, 0.4) is 0 Å². The molecule has 1 aliphatic rings. The second-order valence-corrected chi connectivity index (χ2v) is 7.58. The number of hydrogen-bond acceptors (Lipinski definition) is 6. The standard InChI is InChI=1S/C19H26N2O5S/c1-12(2)16(18(23)25-3)20-17(22)15-9-14(27)10-21(15)19(24)26-11-13-7-5-4-6-8-13/h4-8,12,14-16,27H,9-11H2,1-3H3,(H,20,22)/t14-,15+,16+/m1/s1. The van der Waals surface area contributed by atoms with Gasteiger partial charge in [0.2, 0.25) is 5.91 Å². The van der Waals surface area contributed by atoms with Gasteiger partial charge in [-0.05, 0) is 17.9 Å². The van der Waals surface area contributed by atoms with Crippen molar-refractivity contribution in [3.8, 4) is 0 Å². The van der Waals surface area contributed by atoms with Crippen molar-refractivity contribution < 1.29 is 23.9 Å². The summed E-state index contributed by atoms with van der Waals surface area (Å²) < 4.78 is 10.1. The molecule has 0 unspecified atom stereocenters. The lowest BCUT2D eigenvalue weighted by Crippen LogP contribution is -2.52. The van der Waals surface area contributed by atoms with Gasteiger partial charge in [-0.25, -0.2) is 9.59 Å². The maximum absolute atomic E-state index is 12.7. The molecular formula is C19H26N2O5S. The highest BCUT2D eigenvalue weighted by molar-refractivity contribution is 7.81. The van der Waals surface area contributed by atoms with Crippen LogP contribution in [0.5, 0.6) is 0 Å². The molecule has 0 saturated carbocycles. The van der Waals surface area contributed by atoms with Gasteiger partial charge in [-0.1, -0.05) is 44.2 Å². The minimum Gasteiger partial charge on any atom is -0.467 e. The van der Waals surface area contributed by atoms with E-state index in [2.05, 4.69) is 17.9 Å². The number of thiol groups is 1. The fourth-order valence-corrected chi connectivity index (χ4v) is 3.32. The van der Waals surface area contributed by atoms with Crippen LogP contribution in [0.15, 0.2) is 30.3 Å². The van der Waals surface area contributed by atoms with Gasteiger partial charge in [-0.3, -0.25) is 9.69 Å². The Labute approximate surface area is 164 Å². The third-order valence-electron chi connectivity index (χ3n) is 4.44. The van der Waals surface area contributed by atoms with Crippen LogP contribution in [0, 0.1) is 5.92 Å². The van der Waals surface area contributed by atoms with Crippen molar-refractivity contribution in [3.63, 3.8) is 0 Å². The van der Waals surface area contributed by atoms with Gasteiger partial charge < -0.3 is 14.8 Å². The highest BCUT2D eigenvalue weighted by Gasteiger charge is 2.40. The summed E-state index contributed by atoms with van der Waals surface area (Å²) in [5.41, 5.74) is 0.860. The number of carbonyl (C=O) groups is 3. The zero-order chi connectivity index (χ0) is 20.0. The molecule has 148 valence electrons. The molecule has 1 aromatic rings. The molecule has 2 rings (SSSR count). The van der Waals surface area contributed by atoms with E-state index in [0.717, 1.165) is 5.56 Å². The van der Waals surface area contributed by atoms with E-state index in [-0.39, 0.29) is 17.8 Å². The second kappa shape index (κ2) is 9.64. The maximum atomic E-state index is 12.7.